The third-order valence-corrected chi connectivity index (χ3v) is 1.61. The number of amides is 2. The van der Waals surface area contributed by atoms with Crippen LogP contribution in [0.15, 0.2) is 28.0 Å². The standard InChI is InChI=1S/C7H7BrN4O/c8-6-2-1-5(3-10-6)4-11-12-7(9)13/h1-4H,(H3,9,12,13)/b11-4+. The fourth-order valence-corrected chi connectivity index (χ4v) is 0.869. The van der Waals surface area contributed by atoms with Gasteiger partial charge in [0.05, 0.1) is 6.21 Å². The quantitative estimate of drug-likeness (QED) is 0.458. The average molecular weight is 243 g/mol. The molecule has 6 heteroatoms. The van der Waals surface area contributed by atoms with Crippen molar-refractivity contribution in [1.82, 2.24) is 10.4 Å². The normalized spacial score (nSPS) is 10.2. The molecule has 1 aromatic heterocycles. The highest BCUT2D eigenvalue weighted by atomic mass is 79.9. The van der Waals surface area contributed by atoms with Crippen LogP contribution < -0.4 is 11.2 Å². The molecule has 0 fully saturated rings. The Morgan fingerprint density at radius 1 is 1.69 bits per heavy atom. The van der Waals surface area contributed by atoms with E-state index in [0.29, 0.717) is 0 Å². The molecule has 0 aliphatic rings. The van der Waals surface area contributed by atoms with E-state index >= 15 is 0 Å². The number of rotatable bonds is 2. The van der Waals surface area contributed by atoms with Crippen molar-refractivity contribution in [1.29, 1.82) is 0 Å². The summed E-state index contributed by atoms with van der Waals surface area (Å²) < 4.78 is 0.743. The number of nitrogens with one attached hydrogen (secondary N) is 1. The van der Waals surface area contributed by atoms with E-state index in [1.807, 2.05) is 0 Å². The van der Waals surface area contributed by atoms with Crippen LogP contribution in [0.3, 0.4) is 0 Å². The van der Waals surface area contributed by atoms with Crippen molar-refractivity contribution >= 4 is 28.2 Å². The van der Waals surface area contributed by atoms with Crippen LogP contribution in [0.1, 0.15) is 5.56 Å². The maximum absolute atomic E-state index is 10.2. The number of hydrogen-bond acceptors (Lipinski definition) is 3. The fourth-order valence-electron chi connectivity index (χ4n) is 0.634. The molecule has 0 aromatic carbocycles. The first-order valence-corrected chi connectivity index (χ1v) is 4.18. The van der Waals surface area contributed by atoms with E-state index in [9.17, 15) is 4.79 Å². The number of urea groups is 1. The molecule has 5 nitrogen and oxygen atoms in total. The second-order valence-electron chi connectivity index (χ2n) is 2.15. The van der Waals surface area contributed by atoms with Gasteiger partial charge in [-0.2, -0.15) is 5.10 Å². The van der Waals surface area contributed by atoms with Gasteiger partial charge in [-0.25, -0.2) is 15.2 Å². The number of hydrazone groups is 1. The van der Waals surface area contributed by atoms with Crippen molar-refractivity contribution in [3.63, 3.8) is 0 Å². The third kappa shape index (κ3) is 3.66. The molecule has 3 N–H and O–H groups in total. The van der Waals surface area contributed by atoms with Crippen LogP contribution in [-0.4, -0.2) is 17.2 Å². The number of halogens is 1. The first kappa shape index (κ1) is 9.66. The summed E-state index contributed by atoms with van der Waals surface area (Å²) in [5.74, 6) is 0. The number of nitrogens with two attached hydrogens (primary N) is 1. The molecule has 0 saturated heterocycles. The number of hydrogen-bond donors (Lipinski definition) is 2. The van der Waals surface area contributed by atoms with E-state index in [-0.39, 0.29) is 0 Å². The van der Waals surface area contributed by atoms with Gasteiger partial charge in [-0.15, -0.1) is 0 Å². The Kier molecular flexibility index (Phi) is 3.39. The summed E-state index contributed by atoms with van der Waals surface area (Å²) in [6.07, 6.45) is 3.06. The summed E-state index contributed by atoms with van der Waals surface area (Å²) in [6.45, 7) is 0. The van der Waals surface area contributed by atoms with Gasteiger partial charge in [-0.1, -0.05) is 0 Å². The van der Waals surface area contributed by atoms with E-state index in [2.05, 4.69) is 31.4 Å². The minimum atomic E-state index is -0.693. The Morgan fingerprint density at radius 3 is 3.00 bits per heavy atom. The Labute approximate surface area is 83.2 Å². The molecule has 0 spiro atoms. The van der Waals surface area contributed by atoms with Gasteiger partial charge in [0.25, 0.3) is 0 Å². The number of aromatic nitrogens is 1. The lowest BCUT2D eigenvalue weighted by Crippen LogP contribution is -2.24. The van der Waals surface area contributed by atoms with E-state index in [1.165, 1.54) is 6.21 Å². The highest BCUT2D eigenvalue weighted by Gasteiger charge is 1.89. The lowest BCUT2D eigenvalue weighted by atomic mass is 10.3. The maximum atomic E-state index is 10.2. The lowest BCUT2D eigenvalue weighted by molar-refractivity contribution is 0.249. The summed E-state index contributed by atoms with van der Waals surface area (Å²) in [6, 6.07) is 2.87. The van der Waals surface area contributed by atoms with Gasteiger partial charge in [-0.05, 0) is 28.1 Å². The summed E-state index contributed by atoms with van der Waals surface area (Å²) in [7, 11) is 0. The smallest absolute Gasteiger partial charge is 0.332 e. The van der Waals surface area contributed by atoms with Crippen LogP contribution in [0.25, 0.3) is 0 Å². The van der Waals surface area contributed by atoms with Gasteiger partial charge in [0.1, 0.15) is 4.60 Å². The zero-order chi connectivity index (χ0) is 9.68. The predicted molar refractivity (Wildman–Crippen MR) is 52.3 cm³/mol. The first-order chi connectivity index (χ1) is 6.18. The second-order valence-corrected chi connectivity index (χ2v) is 2.96. The van der Waals surface area contributed by atoms with Crippen molar-refractivity contribution in [2.45, 2.75) is 0 Å². The molecule has 0 radical (unpaired) electrons. The lowest BCUT2D eigenvalue weighted by Gasteiger charge is -1.92. The van der Waals surface area contributed by atoms with Crippen LogP contribution in [0.2, 0.25) is 0 Å². The number of primary amides is 1. The van der Waals surface area contributed by atoms with Crippen molar-refractivity contribution in [2.75, 3.05) is 0 Å². The van der Waals surface area contributed by atoms with Crippen LogP contribution in [0.5, 0.6) is 0 Å². The van der Waals surface area contributed by atoms with Crippen LogP contribution in [0, 0.1) is 0 Å². The largest absolute Gasteiger partial charge is 0.350 e. The minimum Gasteiger partial charge on any atom is -0.350 e. The van der Waals surface area contributed by atoms with E-state index in [0.717, 1.165) is 10.2 Å². The van der Waals surface area contributed by atoms with E-state index < -0.39 is 6.03 Å². The molecule has 0 atom stereocenters. The number of carbonyl (C=O) groups excluding carboxylic acids is 1. The molecule has 0 aliphatic carbocycles. The molecule has 1 rings (SSSR count). The molecule has 0 aliphatic heterocycles. The third-order valence-electron chi connectivity index (χ3n) is 1.14. The van der Waals surface area contributed by atoms with Crippen LogP contribution >= 0.6 is 15.9 Å². The predicted octanol–water partition coefficient (Wildman–Crippen LogP) is 0.846. The summed E-state index contributed by atoms with van der Waals surface area (Å²) in [5, 5.41) is 3.57. The molecule has 0 saturated carbocycles. The van der Waals surface area contributed by atoms with Gasteiger partial charge >= 0.3 is 6.03 Å². The van der Waals surface area contributed by atoms with Crippen molar-refractivity contribution < 1.29 is 4.79 Å². The van der Waals surface area contributed by atoms with E-state index in [4.69, 9.17) is 5.73 Å². The van der Waals surface area contributed by atoms with Crippen molar-refractivity contribution in [2.24, 2.45) is 10.8 Å². The van der Waals surface area contributed by atoms with Gasteiger partial charge in [0, 0.05) is 11.8 Å². The Morgan fingerprint density at radius 2 is 2.46 bits per heavy atom. The number of nitrogens with zero attached hydrogens (tertiary/aromatic N) is 2. The zero-order valence-corrected chi connectivity index (χ0v) is 8.15. The first-order valence-electron chi connectivity index (χ1n) is 3.38. The molecule has 68 valence electrons. The molecule has 1 heterocycles. The molecule has 2 amide bonds. The topological polar surface area (TPSA) is 80.4 Å². The Bertz CT molecular complexity index is 322. The van der Waals surface area contributed by atoms with E-state index in [1.54, 1.807) is 18.3 Å². The highest BCUT2D eigenvalue weighted by molar-refractivity contribution is 9.10. The van der Waals surface area contributed by atoms with Gasteiger partial charge < -0.3 is 5.73 Å². The SMILES string of the molecule is NC(=O)N/N=C/c1ccc(Br)nc1. The highest BCUT2D eigenvalue weighted by Crippen LogP contribution is 2.04. The summed E-state index contributed by atoms with van der Waals surface area (Å²) in [4.78, 5) is 14.2. The average Bonchev–Trinajstić information content (AvgIpc) is 2.08. The molecule has 0 bridgehead atoms. The Balaban J connectivity index is 2.59. The monoisotopic (exact) mass is 242 g/mol. The molecule has 13 heavy (non-hydrogen) atoms. The summed E-state index contributed by atoms with van der Waals surface area (Å²) >= 11 is 3.19. The minimum absolute atomic E-state index is 0.693. The van der Waals surface area contributed by atoms with Gasteiger partial charge in [0.2, 0.25) is 0 Å². The van der Waals surface area contributed by atoms with Crippen LogP contribution in [0.4, 0.5) is 4.79 Å². The second kappa shape index (κ2) is 4.56. The Hall–Kier alpha value is -1.43. The molecular weight excluding hydrogens is 236 g/mol. The molecule has 0 unspecified atom stereocenters. The maximum Gasteiger partial charge on any atom is 0.332 e. The van der Waals surface area contributed by atoms with Crippen molar-refractivity contribution in [3.05, 3.63) is 28.5 Å². The number of pyridine rings is 1. The fraction of sp³-hybridized carbons (Fsp3) is 0. The summed E-state index contributed by atoms with van der Waals surface area (Å²) in [5.41, 5.74) is 7.65. The zero-order valence-electron chi connectivity index (χ0n) is 6.57. The molecular formula is C7H7BrN4O. The van der Waals surface area contributed by atoms with Crippen molar-refractivity contribution in [3.8, 4) is 0 Å². The van der Waals surface area contributed by atoms with Gasteiger partial charge in [0.15, 0.2) is 0 Å². The molecule has 1 aromatic rings. The number of carbonyl (C=O) groups is 1. The van der Waals surface area contributed by atoms with Gasteiger partial charge in [-0.3, -0.25) is 0 Å². The van der Waals surface area contributed by atoms with Crippen LogP contribution in [-0.2, 0) is 0 Å².